The second-order valence-corrected chi connectivity index (χ2v) is 6.49. The predicted octanol–water partition coefficient (Wildman–Crippen LogP) is 3.67. The van der Waals surface area contributed by atoms with E-state index < -0.39 is 0 Å². The fourth-order valence-corrected chi connectivity index (χ4v) is 3.59. The second kappa shape index (κ2) is 7.80. The quantitative estimate of drug-likeness (QED) is 0.881. The van der Waals surface area contributed by atoms with Crippen LogP contribution in [-0.4, -0.2) is 38.2 Å². The molecule has 3 nitrogen and oxygen atoms in total. The minimum atomic E-state index is 0.834. The van der Waals surface area contributed by atoms with Crippen molar-refractivity contribution >= 4 is 10.8 Å². The number of hydrogen-bond donors (Lipinski definition) is 1. The number of ether oxygens (including phenoxy) is 1. The van der Waals surface area contributed by atoms with Crippen molar-refractivity contribution in [3.05, 3.63) is 42.0 Å². The van der Waals surface area contributed by atoms with E-state index in [9.17, 15) is 0 Å². The first kappa shape index (κ1) is 16.3. The SMILES string of the molecule is CCNCC1CCN(Cc2c(OC)ccc3ccccc23)CC1. The molecule has 3 rings (SSSR count). The normalized spacial score (nSPS) is 16.8. The van der Waals surface area contributed by atoms with Crippen molar-refractivity contribution in [3.8, 4) is 5.75 Å². The molecule has 3 heteroatoms. The molecule has 2 aromatic carbocycles. The topological polar surface area (TPSA) is 24.5 Å². The number of methoxy groups -OCH3 is 1. The third-order valence-electron chi connectivity index (χ3n) is 4.99. The Balaban J connectivity index is 1.72. The number of piperidine rings is 1. The summed E-state index contributed by atoms with van der Waals surface area (Å²) in [5.74, 6) is 1.85. The van der Waals surface area contributed by atoms with Crippen molar-refractivity contribution in [2.75, 3.05) is 33.3 Å². The molecule has 0 bridgehead atoms. The van der Waals surface area contributed by atoms with Crippen molar-refractivity contribution in [1.82, 2.24) is 10.2 Å². The zero-order chi connectivity index (χ0) is 16.1. The van der Waals surface area contributed by atoms with Gasteiger partial charge in [-0.1, -0.05) is 37.3 Å². The molecule has 23 heavy (non-hydrogen) atoms. The lowest BCUT2D eigenvalue weighted by molar-refractivity contribution is 0.175. The van der Waals surface area contributed by atoms with Gasteiger partial charge in [-0.25, -0.2) is 0 Å². The maximum atomic E-state index is 5.63. The van der Waals surface area contributed by atoms with E-state index in [-0.39, 0.29) is 0 Å². The molecule has 0 saturated carbocycles. The molecule has 0 unspecified atom stereocenters. The molecular formula is C20H28N2O. The van der Waals surface area contributed by atoms with Crippen LogP contribution in [0.1, 0.15) is 25.3 Å². The lowest BCUT2D eigenvalue weighted by atomic mass is 9.95. The highest BCUT2D eigenvalue weighted by atomic mass is 16.5. The molecule has 1 aliphatic heterocycles. The van der Waals surface area contributed by atoms with Crippen molar-refractivity contribution in [2.24, 2.45) is 5.92 Å². The molecule has 0 atom stereocenters. The zero-order valence-corrected chi connectivity index (χ0v) is 14.3. The van der Waals surface area contributed by atoms with Crippen LogP contribution < -0.4 is 10.1 Å². The first-order chi connectivity index (χ1) is 11.3. The van der Waals surface area contributed by atoms with Crippen LogP contribution in [0.2, 0.25) is 0 Å². The van der Waals surface area contributed by atoms with Gasteiger partial charge in [0, 0.05) is 12.1 Å². The number of rotatable bonds is 6. The van der Waals surface area contributed by atoms with Crippen LogP contribution in [0.15, 0.2) is 36.4 Å². The summed E-state index contributed by atoms with van der Waals surface area (Å²) in [4.78, 5) is 2.58. The first-order valence-corrected chi connectivity index (χ1v) is 8.79. The van der Waals surface area contributed by atoms with Gasteiger partial charge >= 0.3 is 0 Å². The van der Waals surface area contributed by atoms with Crippen LogP contribution in [-0.2, 0) is 6.54 Å². The number of hydrogen-bond acceptors (Lipinski definition) is 3. The summed E-state index contributed by atoms with van der Waals surface area (Å²) in [5, 5.41) is 6.10. The molecule has 1 heterocycles. The molecule has 1 aliphatic rings. The highest BCUT2D eigenvalue weighted by molar-refractivity contribution is 5.87. The maximum absolute atomic E-state index is 5.63. The summed E-state index contributed by atoms with van der Waals surface area (Å²) >= 11 is 0. The summed E-state index contributed by atoms with van der Waals surface area (Å²) < 4.78 is 5.63. The summed E-state index contributed by atoms with van der Waals surface area (Å²) in [6.45, 7) is 7.78. The van der Waals surface area contributed by atoms with Gasteiger partial charge in [0.2, 0.25) is 0 Å². The van der Waals surface area contributed by atoms with Crippen molar-refractivity contribution in [2.45, 2.75) is 26.3 Å². The first-order valence-electron chi connectivity index (χ1n) is 8.79. The third-order valence-corrected chi connectivity index (χ3v) is 4.99. The summed E-state index contributed by atoms with van der Waals surface area (Å²) in [7, 11) is 1.77. The van der Waals surface area contributed by atoms with E-state index in [1.807, 2.05) is 0 Å². The van der Waals surface area contributed by atoms with Crippen molar-refractivity contribution < 1.29 is 4.74 Å². The van der Waals surface area contributed by atoms with Gasteiger partial charge in [-0.15, -0.1) is 0 Å². The summed E-state index contributed by atoms with van der Waals surface area (Å²) in [6.07, 6.45) is 2.58. The third kappa shape index (κ3) is 3.85. The monoisotopic (exact) mass is 312 g/mol. The maximum Gasteiger partial charge on any atom is 0.123 e. The number of nitrogens with one attached hydrogen (secondary N) is 1. The van der Waals surface area contributed by atoms with Gasteiger partial charge < -0.3 is 10.1 Å². The van der Waals surface area contributed by atoms with Crippen LogP contribution in [0.5, 0.6) is 5.75 Å². The number of fused-ring (bicyclic) bond motifs is 1. The molecule has 0 amide bonds. The number of benzene rings is 2. The van der Waals surface area contributed by atoms with Crippen LogP contribution in [0.4, 0.5) is 0 Å². The molecule has 124 valence electrons. The summed E-state index contributed by atoms with van der Waals surface area (Å²) in [6, 6.07) is 12.9. The largest absolute Gasteiger partial charge is 0.496 e. The molecule has 0 spiro atoms. The van der Waals surface area contributed by atoms with E-state index in [1.165, 1.54) is 48.8 Å². The van der Waals surface area contributed by atoms with Crippen LogP contribution in [0, 0.1) is 5.92 Å². The van der Waals surface area contributed by atoms with E-state index >= 15 is 0 Å². The molecule has 1 fully saturated rings. The van der Waals surface area contributed by atoms with Crippen molar-refractivity contribution in [3.63, 3.8) is 0 Å². The Morgan fingerprint density at radius 1 is 1.13 bits per heavy atom. The van der Waals surface area contributed by atoms with E-state index in [0.29, 0.717) is 0 Å². The Morgan fingerprint density at radius 2 is 1.91 bits per heavy atom. The molecule has 1 N–H and O–H groups in total. The van der Waals surface area contributed by atoms with Gasteiger partial charge in [0.1, 0.15) is 5.75 Å². The Hall–Kier alpha value is -1.58. The fourth-order valence-electron chi connectivity index (χ4n) is 3.59. The molecule has 2 aromatic rings. The summed E-state index contributed by atoms with van der Waals surface area (Å²) in [5.41, 5.74) is 1.33. The minimum absolute atomic E-state index is 0.834. The average molecular weight is 312 g/mol. The zero-order valence-electron chi connectivity index (χ0n) is 14.3. The Morgan fingerprint density at radius 3 is 2.65 bits per heavy atom. The highest BCUT2D eigenvalue weighted by Crippen LogP contribution is 2.30. The molecule has 1 saturated heterocycles. The van der Waals surface area contributed by atoms with Crippen LogP contribution >= 0.6 is 0 Å². The van der Waals surface area contributed by atoms with E-state index in [1.54, 1.807) is 7.11 Å². The Kier molecular flexibility index (Phi) is 5.52. The van der Waals surface area contributed by atoms with Crippen molar-refractivity contribution in [1.29, 1.82) is 0 Å². The lowest BCUT2D eigenvalue weighted by Crippen LogP contribution is -2.37. The number of likely N-dealkylation sites (tertiary alicyclic amines) is 1. The molecule has 0 aliphatic carbocycles. The fraction of sp³-hybridized carbons (Fsp3) is 0.500. The second-order valence-electron chi connectivity index (χ2n) is 6.49. The Bertz CT molecular complexity index is 633. The van der Waals surface area contributed by atoms with Crippen LogP contribution in [0.3, 0.4) is 0 Å². The average Bonchev–Trinajstić information content (AvgIpc) is 2.61. The van der Waals surface area contributed by atoms with Gasteiger partial charge in [-0.05, 0) is 61.8 Å². The molecule has 0 radical (unpaired) electrons. The molecular weight excluding hydrogens is 284 g/mol. The van der Waals surface area contributed by atoms with Gasteiger partial charge in [0.15, 0.2) is 0 Å². The minimum Gasteiger partial charge on any atom is -0.496 e. The van der Waals surface area contributed by atoms with E-state index in [2.05, 4.69) is 53.5 Å². The van der Waals surface area contributed by atoms with Gasteiger partial charge in [0.05, 0.1) is 7.11 Å². The van der Waals surface area contributed by atoms with Gasteiger partial charge in [-0.2, -0.15) is 0 Å². The van der Waals surface area contributed by atoms with Gasteiger partial charge in [0.25, 0.3) is 0 Å². The Labute approximate surface area is 139 Å². The molecule has 0 aromatic heterocycles. The van der Waals surface area contributed by atoms with E-state index in [4.69, 9.17) is 4.74 Å². The predicted molar refractivity (Wildman–Crippen MR) is 97.0 cm³/mol. The standard InChI is InChI=1S/C20H28N2O/c1-3-21-14-16-10-12-22(13-11-16)15-19-18-7-5-4-6-17(18)8-9-20(19)23-2/h4-9,16,21H,3,10-15H2,1-2H3. The van der Waals surface area contributed by atoms with Crippen LogP contribution in [0.25, 0.3) is 10.8 Å². The van der Waals surface area contributed by atoms with E-state index in [0.717, 1.165) is 24.8 Å². The smallest absolute Gasteiger partial charge is 0.123 e. The highest BCUT2D eigenvalue weighted by Gasteiger charge is 2.20. The number of nitrogens with zero attached hydrogens (tertiary/aromatic N) is 1. The lowest BCUT2D eigenvalue weighted by Gasteiger charge is -2.32. The van der Waals surface area contributed by atoms with Gasteiger partial charge in [-0.3, -0.25) is 4.90 Å².